The molecule has 1 unspecified atom stereocenters. The lowest BCUT2D eigenvalue weighted by molar-refractivity contribution is -0.117. The van der Waals surface area contributed by atoms with Crippen molar-refractivity contribution in [3.63, 3.8) is 0 Å². The molecule has 2 aromatic carbocycles. The minimum absolute atomic E-state index is 0.250. The average Bonchev–Trinajstić information content (AvgIpc) is 2.99. The van der Waals surface area contributed by atoms with Crippen molar-refractivity contribution in [2.75, 3.05) is 11.0 Å². The predicted molar refractivity (Wildman–Crippen MR) is 124 cm³/mol. The Kier molecular flexibility index (Phi) is 6.60. The Morgan fingerprint density at radius 1 is 1.10 bits per heavy atom. The first-order chi connectivity index (χ1) is 14.6. The minimum atomic E-state index is -3.36. The maximum Gasteiger partial charge on any atom is 0.244 e. The van der Waals surface area contributed by atoms with Gasteiger partial charge in [0.05, 0.1) is 23.7 Å². The number of nitrogens with one attached hydrogen (secondary N) is 2. The summed E-state index contributed by atoms with van der Waals surface area (Å²) in [6, 6.07) is 16.5. The molecule has 1 heterocycles. The Hall–Kier alpha value is -3.39. The maximum absolute atomic E-state index is 12.5. The van der Waals surface area contributed by atoms with E-state index in [0.29, 0.717) is 5.69 Å². The van der Waals surface area contributed by atoms with E-state index in [4.69, 9.17) is 0 Å². The van der Waals surface area contributed by atoms with Crippen LogP contribution in [-0.4, -0.2) is 30.4 Å². The van der Waals surface area contributed by atoms with Crippen LogP contribution >= 0.6 is 0 Å². The number of para-hydroxylation sites is 1. The number of benzene rings is 2. The molecule has 0 bridgehead atoms. The molecular weight excluding hydrogens is 412 g/mol. The molecule has 1 aromatic heterocycles. The number of anilines is 1. The first-order valence-electron chi connectivity index (χ1n) is 9.82. The van der Waals surface area contributed by atoms with Gasteiger partial charge in [-0.3, -0.25) is 9.52 Å². The minimum Gasteiger partial charge on any atom is -0.346 e. The molecule has 0 radical (unpaired) electrons. The smallest absolute Gasteiger partial charge is 0.244 e. The van der Waals surface area contributed by atoms with Crippen molar-refractivity contribution in [3.8, 4) is 5.69 Å². The van der Waals surface area contributed by atoms with E-state index in [1.54, 1.807) is 24.3 Å². The maximum atomic E-state index is 12.5. The second kappa shape index (κ2) is 9.18. The molecule has 0 saturated carbocycles. The van der Waals surface area contributed by atoms with Crippen molar-refractivity contribution in [3.05, 3.63) is 83.2 Å². The fourth-order valence-electron chi connectivity index (χ4n) is 3.31. The van der Waals surface area contributed by atoms with Gasteiger partial charge in [0.25, 0.3) is 0 Å². The van der Waals surface area contributed by atoms with Crippen molar-refractivity contribution in [2.45, 2.75) is 26.8 Å². The van der Waals surface area contributed by atoms with E-state index >= 15 is 0 Å². The van der Waals surface area contributed by atoms with Gasteiger partial charge >= 0.3 is 0 Å². The largest absolute Gasteiger partial charge is 0.346 e. The molecular formula is C23H26N4O3S. The average molecular weight is 439 g/mol. The number of hydrogen-bond acceptors (Lipinski definition) is 4. The topological polar surface area (TPSA) is 93.1 Å². The van der Waals surface area contributed by atoms with Gasteiger partial charge in [0.2, 0.25) is 15.9 Å². The standard InChI is InChI=1S/C23H26N4O3S/c1-16(19-9-8-10-20(15-19)26-31(4,29)30)24-23(28)14-13-22-17(2)25-27(18(22)3)21-11-6-5-7-12-21/h5-16,26H,1-4H3,(H,24,28). The van der Waals surface area contributed by atoms with Gasteiger partial charge in [-0.15, -0.1) is 0 Å². The van der Waals surface area contributed by atoms with E-state index in [-0.39, 0.29) is 11.9 Å². The lowest BCUT2D eigenvalue weighted by Crippen LogP contribution is -2.24. The van der Waals surface area contributed by atoms with Crippen molar-refractivity contribution in [2.24, 2.45) is 0 Å². The number of hydrogen-bond donors (Lipinski definition) is 2. The van der Waals surface area contributed by atoms with Crippen molar-refractivity contribution in [1.29, 1.82) is 0 Å². The lowest BCUT2D eigenvalue weighted by Gasteiger charge is -2.14. The van der Waals surface area contributed by atoms with Crippen molar-refractivity contribution >= 4 is 27.7 Å². The highest BCUT2D eigenvalue weighted by molar-refractivity contribution is 7.92. The van der Waals surface area contributed by atoms with Gasteiger partial charge in [-0.2, -0.15) is 5.10 Å². The van der Waals surface area contributed by atoms with Crippen molar-refractivity contribution < 1.29 is 13.2 Å². The Morgan fingerprint density at radius 2 is 1.81 bits per heavy atom. The third kappa shape index (κ3) is 5.82. The summed E-state index contributed by atoms with van der Waals surface area (Å²) in [6.45, 7) is 5.72. The number of aromatic nitrogens is 2. The van der Waals surface area contributed by atoms with E-state index in [1.807, 2.05) is 61.9 Å². The van der Waals surface area contributed by atoms with Crippen LogP contribution in [0.1, 0.15) is 35.5 Å². The molecule has 7 nitrogen and oxygen atoms in total. The first-order valence-corrected chi connectivity index (χ1v) is 11.7. The Bertz CT molecular complexity index is 1210. The molecule has 162 valence electrons. The summed E-state index contributed by atoms with van der Waals surface area (Å²) in [5.41, 5.74) is 4.88. The van der Waals surface area contributed by atoms with Gasteiger partial charge in [-0.05, 0) is 56.7 Å². The van der Waals surface area contributed by atoms with Crippen LogP contribution in [0.4, 0.5) is 5.69 Å². The van der Waals surface area contributed by atoms with Gasteiger partial charge in [0.1, 0.15) is 0 Å². The summed E-state index contributed by atoms with van der Waals surface area (Å²) in [6.07, 6.45) is 4.35. The second-order valence-corrected chi connectivity index (χ2v) is 9.14. The first kappa shape index (κ1) is 22.3. The van der Waals surface area contributed by atoms with E-state index < -0.39 is 10.0 Å². The summed E-state index contributed by atoms with van der Waals surface area (Å²) < 4.78 is 27.2. The summed E-state index contributed by atoms with van der Waals surface area (Å²) >= 11 is 0. The molecule has 0 saturated heterocycles. The predicted octanol–water partition coefficient (Wildman–Crippen LogP) is 3.75. The van der Waals surface area contributed by atoms with Crippen LogP contribution in [0.25, 0.3) is 11.8 Å². The van der Waals surface area contributed by atoms with Gasteiger partial charge < -0.3 is 5.32 Å². The Balaban J connectivity index is 1.71. The molecule has 0 aliphatic carbocycles. The number of sulfonamides is 1. The summed E-state index contributed by atoms with van der Waals surface area (Å²) in [4.78, 5) is 12.5. The molecule has 0 fully saturated rings. The molecule has 2 N–H and O–H groups in total. The molecule has 3 rings (SSSR count). The Labute approximate surface area is 182 Å². The summed E-state index contributed by atoms with van der Waals surface area (Å²) in [5.74, 6) is -0.250. The molecule has 0 aliphatic heterocycles. The zero-order valence-electron chi connectivity index (χ0n) is 18.0. The summed E-state index contributed by atoms with van der Waals surface area (Å²) in [7, 11) is -3.36. The zero-order valence-corrected chi connectivity index (χ0v) is 18.8. The van der Waals surface area contributed by atoms with Crippen LogP contribution in [0, 0.1) is 13.8 Å². The van der Waals surface area contributed by atoms with Crippen molar-refractivity contribution in [1.82, 2.24) is 15.1 Å². The fraction of sp³-hybridized carbons (Fsp3) is 0.217. The second-order valence-electron chi connectivity index (χ2n) is 7.40. The monoisotopic (exact) mass is 438 g/mol. The van der Waals surface area contributed by atoms with Crippen LogP contribution in [-0.2, 0) is 14.8 Å². The highest BCUT2D eigenvalue weighted by Gasteiger charge is 2.12. The number of rotatable bonds is 7. The highest BCUT2D eigenvalue weighted by Crippen LogP contribution is 2.20. The number of carbonyl (C=O) groups excluding carboxylic acids is 1. The van der Waals surface area contributed by atoms with Crippen LogP contribution < -0.4 is 10.0 Å². The van der Waals surface area contributed by atoms with Gasteiger partial charge in [0.15, 0.2) is 0 Å². The van der Waals surface area contributed by atoms with Gasteiger partial charge in [0, 0.05) is 23.0 Å². The molecule has 3 aromatic rings. The zero-order chi connectivity index (χ0) is 22.6. The molecule has 1 amide bonds. The number of nitrogens with zero attached hydrogens (tertiary/aromatic N) is 2. The third-order valence-electron chi connectivity index (χ3n) is 4.80. The van der Waals surface area contributed by atoms with Crippen LogP contribution in [0.3, 0.4) is 0 Å². The molecule has 0 aliphatic rings. The SMILES string of the molecule is Cc1nn(-c2ccccc2)c(C)c1C=CC(=O)NC(C)c1cccc(NS(C)(=O)=O)c1. The molecule has 31 heavy (non-hydrogen) atoms. The number of carbonyl (C=O) groups is 1. The molecule has 0 spiro atoms. The Morgan fingerprint density at radius 3 is 2.48 bits per heavy atom. The van der Waals surface area contributed by atoms with E-state index in [2.05, 4.69) is 15.1 Å². The van der Waals surface area contributed by atoms with E-state index in [9.17, 15) is 13.2 Å². The van der Waals surface area contributed by atoms with E-state index in [0.717, 1.165) is 34.5 Å². The van der Waals surface area contributed by atoms with Crippen LogP contribution in [0.2, 0.25) is 0 Å². The van der Waals surface area contributed by atoms with Crippen LogP contribution in [0.15, 0.2) is 60.7 Å². The quantitative estimate of drug-likeness (QED) is 0.550. The summed E-state index contributed by atoms with van der Waals surface area (Å²) in [5, 5.41) is 7.49. The van der Waals surface area contributed by atoms with Gasteiger partial charge in [-0.1, -0.05) is 30.3 Å². The number of amides is 1. The number of aryl methyl sites for hydroxylation is 1. The molecule has 1 atom stereocenters. The highest BCUT2D eigenvalue weighted by atomic mass is 32.2. The normalized spacial score (nSPS) is 12.6. The van der Waals surface area contributed by atoms with Gasteiger partial charge in [-0.25, -0.2) is 13.1 Å². The fourth-order valence-corrected chi connectivity index (χ4v) is 3.86. The lowest BCUT2D eigenvalue weighted by atomic mass is 10.1. The molecule has 8 heteroatoms. The van der Waals surface area contributed by atoms with E-state index in [1.165, 1.54) is 6.08 Å². The third-order valence-corrected chi connectivity index (χ3v) is 5.40. The van der Waals surface area contributed by atoms with Crippen LogP contribution in [0.5, 0.6) is 0 Å².